The minimum atomic E-state index is -0.357. The van der Waals surface area contributed by atoms with E-state index in [9.17, 15) is 14.9 Å². The SMILES string of the molecule is O=C(NC(CN1CCOCC1)c1ccccc1)N1CCN(c2ccccc2[N+](=O)[O-])CC1. The summed E-state index contributed by atoms with van der Waals surface area (Å²) in [6, 6.07) is 16.6. The lowest BCUT2D eigenvalue weighted by molar-refractivity contribution is -0.384. The summed E-state index contributed by atoms with van der Waals surface area (Å²) in [4.78, 5) is 30.2. The van der Waals surface area contributed by atoms with Gasteiger partial charge in [-0.15, -0.1) is 0 Å². The third-order valence-corrected chi connectivity index (χ3v) is 6.03. The number of morpholine rings is 1. The molecule has 2 aliphatic rings. The van der Waals surface area contributed by atoms with Crippen LogP contribution in [0.25, 0.3) is 0 Å². The van der Waals surface area contributed by atoms with Crippen LogP contribution in [-0.2, 0) is 4.74 Å². The molecule has 170 valence electrons. The van der Waals surface area contributed by atoms with Crippen LogP contribution in [0.15, 0.2) is 54.6 Å². The van der Waals surface area contributed by atoms with Crippen LogP contribution < -0.4 is 10.2 Å². The summed E-state index contributed by atoms with van der Waals surface area (Å²) in [7, 11) is 0. The molecule has 9 nitrogen and oxygen atoms in total. The first-order chi connectivity index (χ1) is 15.6. The quantitative estimate of drug-likeness (QED) is 0.549. The van der Waals surface area contributed by atoms with Gasteiger partial charge in [0.1, 0.15) is 5.69 Å². The number of urea groups is 1. The van der Waals surface area contributed by atoms with Gasteiger partial charge in [0.2, 0.25) is 0 Å². The van der Waals surface area contributed by atoms with Crippen LogP contribution in [0.3, 0.4) is 0 Å². The van der Waals surface area contributed by atoms with Crippen LogP contribution in [0, 0.1) is 10.1 Å². The van der Waals surface area contributed by atoms with Crippen molar-refractivity contribution in [3.05, 3.63) is 70.3 Å². The largest absolute Gasteiger partial charge is 0.379 e. The van der Waals surface area contributed by atoms with Crippen molar-refractivity contribution < 1.29 is 14.5 Å². The molecule has 4 rings (SSSR count). The molecule has 0 bridgehead atoms. The van der Waals surface area contributed by atoms with Gasteiger partial charge in [-0.1, -0.05) is 42.5 Å². The van der Waals surface area contributed by atoms with E-state index < -0.39 is 0 Å². The molecule has 2 saturated heterocycles. The number of hydrogen-bond acceptors (Lipinski definition) is 6. The number of para-hydroxylation sites is 2. The van der Waals surface area contributed by atoms with Gasteiger partial charge in [-0.05, 0) is 11.6 Å². The number of rotatable bonds is 6. The van der Waals surface area contributed by atoms with Crippen LogP contribution in [0.1, 0.15) is 11.6 Å². The highest BCUT2D eigenvalue weighted by Gasteiger charge is 2.27. The number of ether oxygens (including phenoxy) is 1. The zero-order valence-electron chi connectivity index (χ0n) is 18.1. The molecule has 1 N–H and O–H groups in total. The van der Waals surface area contributed by atoms with Crippen molar-refractivity contribution in [2.45, 2.75) is 6.04 Å². The van der Waals surface area contributed by atoms with Gasteiger partial charge in [0.15, 0.2) is 0 Å². The second-order valence-corrected chi connectivity index (χ2v) is 8.05. The van der Waals surface area contributed by atoms with Crippen LogP contribution in [-0.4, -0.2) is 79.8 Å². The van der Waals surface area contributed by atoms with Gasteiger partial charge in [-0.25, -0.2) is 4.79 Å². The van der Waals surface area contributed by atoms with Crippen molar-refractivity contribution in [3.63, 3.8) is 0 Å². The molecule has 0 aliphatic carbocycles. The smallest absolute Gasteiger partial charge is 0.318 e. The summed E-state index contributed by atoms with van der Waals surface area (Å²) in [5.74, 6) is 0. The molecule has 0 spiro atoms. The lowest BCUT2D eigenvalue weighted by Gasteiger charge is -2.37. The van der Waals surface area contributed by atoms with Crippen LogP contribution in [0.5, 0.6) is 0 Å². The van der Waals surface area contributed by atoms with Crippen LogP contribution in [0.4, 0.5) is 16.2 Å². The molecule has 2 aromatic carbocycles. The van der Waals surface area contributed by atoms with Crippen LogP contribution >= 0.6 is 0 Å². The molecular weight excluding hydrogens is 410 g/mol. The molecule has 0 aromatic heterocycles. The van der Waals surface area contributed by atoms with E-state index in [0.717, 1.165) is 25.2 Å². The van der Waals surface area contributed by atoms with Gasteiger partial charge >= 0.3 is 6.03 Å². The van der Waals surface area contributed by atoms with Crippen molar-refractivity contribution in [1.82, 2.24) is 15.1 Å². The van der Waals surface area contributed by atoms with E-state index in [1.807, 2.05) is 35.2 Å². The number of benzene rings is 2. The van der Waals surface area contributed by atoms with Crippen molar-refractivity contribution in [1.29, 1.82) is 0 Å². The Morgan fingerprint density at radius 2 is 1.62 bits per heavy atom. The Labute approximate surface area is 187 Å². The van der Waals surface area contributed by atoms with Crippen molar-refractivity contribution in [3.8, 4) is 0 Å². The third-order valence-electron chi connectivity index (χ3n) is 6.03. The number of hydrogen-bond donors (Lipinski definition) is 1. The molecule has 2 fully saturated rings. The Hall–Kier alpha value is -3.17. The molecule has 2 aromatic rings. The molecule has 1 atom stereocenters. The second kappa shape index (κ2) is 10.4. The Morgan fingerprint density at radius 3 is 2.31 bits per heavy atom. The van der Waals surface area contributed by atoms with E-state index in [4.69, 9.17) is 4.74 Å². The Bertz CT molecular complexity index is 912. The van der Waals surface area contributed by atoms with E-state index in [0.29, 0.717) is 45.1 Å². The zero-order valence-corrected chi connectivity index (χ0v) is 18.1. The van der Waals surface area contributed by atoms with Gasteiger partial charge in [0.25, 0.3) is 5.69 Å². The number of piperazine rings is 1. The summed E-state index contributed by atoms with van der Waals surface area (Å²) in [5, 5.41) is 14.6. The predicted octanol–water partition coefficient (Wildman–Crippen LogP) is 2.50. The second-order valence-electron chi connectivity index (χ2n) is 8.05. The molecule has 2 amide bonds. The number of anilines is 1. The molecule has 32 heavy (non-hydrogen) atoms. The number of nitro groups is 1. The summed E-state index contributed by atoms with van der Waals surface area (Å²) in [6.45, 7) is 5.99. The number of carbonyl (C=O) groups excluding carboxylic acids is 1. The number of carbonyl (C=O) groups is 1. The maximum atomic E-state index is 13.1. The molecule has 0 radical (unpaired) electrons. The lowest BCUT2D eigenvalue weighted by Crippen LogP contribution is -2.53. The molecular formula is C23H29N5O4. The van der Waals surface area contributed by atoms with Gasteiger partial charge in [-0.3, -0.25) is 15.0 Å². The Kier molecular flexibility index (Phi) is 7.18. The van der Waals surface area contributed by atoms with Crippen LogP contribution in [0.2, 0.25) is 0 Å². The highest BCUT2D eigenvalue weighted by atomic mass is 16.6. The summed E-state index contributed by atoms with van der Waals surface area (Å²) in [6.07, 6.45) is 0. The van der Waals surface area contributed by atoms with Gasteiger partial charge in [0.05, 0.1) is 24.2 Å². The van der Waals surface area contributed by atoms with E-state index in [1.165, 1.54) is 6.07 Å². The van der Waals surface area contributed by atoms with Gasteiger partial charge in [0, 0.05) is 51.9 Å². The van der Waals surface area contributed by atoms with Crippen molar-refractivity contribution in [2.24, 2.45) is 0 Å². The zero-order chi connectivity index (χ0) is 22.3. The fourth-order valence-corrected chi connectivity index (χ4v) is 4.24. The monoisotopic (exact) mass is 439 g/mol. The molecule has 2 aliphatic heterocycles. The topological polar surface area (TPSA) is 91.2 Å². The predicted molar refractivity (Wildman–Crippen MR) is 122 cm³/mol. The van der Waals surface area contributed by atoms with Crippen molar-refractivity contribution >= 4 is 17.4 Å². The molecule has 1 unspecified atom stereocenters. The average molecular weight is 440 g/mol. The Balaban J connectivity index is 1.38. The van der Waals surface area contributed by atoms with E-state index in [-0.39, 0.29) is 22.7 Å². The van der Waals surface area contributed by atoms with E-state index in [1.54, 1.807) is 23.1 Å². The third kappa shape index (κ3) is 5.35. The number of nitrogens with zero attached hydrogens (tertiary/aromatic N) is 4. The minimum Gasteiger partial charge on any atom is -0.379 e. The summed E-state index contributed by atoms with van der Waals surface area (Å²) in [5.41, 5.74) is 1.78. The highest BCUT2D eigenvalue weighted by Crippen LogP contribution is 2.28. The fourth-order valence-electron chi connectivity index (χ4n) is 4.24. The first-order valence-electron chi connectivity index (χ1n) is 11.0. The number of amides is 2. The first-order valence-corrected chi connectivity index (χ1v) is 11.0. The summed E-state index contributed by atoms with van der Waals surface area (Å²) >= 11 is 0. The lowest BCUT2D eigenvalue weighted by atomic mass is 10.1. The number of nitrogens with one attached hydrogen (secondary N) is 1. The maximum Gasteiger partial charge on any atom is 0.318 e. The van der Waals surface area contributed by atoms with Crippen molar-refractivity contribution in [2.75, 3.05) is 63.9 Å². The molecule has 2 heterocycles. The average Bonchev–Trinajstić information content (AvgIpc) is 2.85. The molecule has 9 heteroatoms. The highest BCUT2D eigenvalue weighted by molar-refractivity contribution is 5.75. The maximum absolute atomic E-state index is 13.1. The van der Waals surface area contributed by atoms with Gasteiger partial charge in [-0.2, -0.15) is 0 Å². The fraction of sp³-hybridized carbons (Fsp3) is 0.435. The minimum absolute atomic E-state index is 0.0973. The van der Waals surface area contributed by atoms with E-state index >= 15 is 0 Å². The Morgan fingerprint density at radius 1 is 0.969 bits per heavy atom. The standard InChI is InChI=1S/C23H29N5O4/c29-23(24-20(19-6-2-1-3-7-19)18-25-14-16-32-17-15-25)27-12-10-26(11-13-27)21-8-4-5-9-22(21)28(30)31/h1-9,20H,10-18H2,(H,24,29). The first kappa shape index (κ1) is 22.0. The number of nitro benzene ring substituents is 1. The summed E-state index contributed by atoms with van der Waals surface area (Å²) < 4.78 is 5.45. The van der Waals surface area contributed by atoms with Gasteiger partial charge < -0.3 is 19.9 Å². The van der Waals surface area contributed by atoms with E-state index in [2.05, 4.69) is 10.2 Å². The normalized spacial score (nSPS) is 18.2. The molecule has 0 saturated carbocycles.